The maximum absolute atomic E-state index is 7.76. The summed E-state index contributed by atoms with van der Waals surface area (Å²) in [5, 5.41) is 6.97. The lowest BCUT2D eigenvalue weighted by Gasteiger charge is -2.39. The third kappa shape index (κ3) is 7.31. The molecule has 0 nitrogen and oxygen atoms in total. The highest BCUT2D eigenvalue weighted by Crippen LogP contribution is 2.74. The molecule has 0 atom stereocenters. The molecule has 2 aliphatic rings. The summed E-state index contributed by atoms with van der Waals surface area (Å²) in [5.41, 5.74) is 12.4. The summed E-state index contributed by atoms with van der Waals surface area (Å²) in [5.74, 6) is 0. The van der Waals surface area contributed by atoms with Gasteiger partial charge in [0.15, 0.2) is 0 Å². The van der Waals surface area contributed by atoms with Crippen LogP contribution in [0.5, 0.6) is 0 Å². The SMILES string of the molecule is S=P(C1=C(c2ccccc2)C(c2ccccc2)(c2ccccc2)c2cc3c(cc21)C(P(=S)(c1ccccc1)c1ccccc1)=C(c1ccccc1)C3(c1ccccc1)c1ccccc1)(c1ccccc1)c1ccccc1. The average molecular weight is 1040 g/mol. The van der Waals surface area contributed by atoms with Crippen LogP contribution < -0.4 is 21.2 Å². The molecule has 0 N–H and O–H groups in total. The summed E-state index contributed by atoms with van der Waals surface area (Å²) in [6.45, 7) is 0. The van der Waals surface area contributed by atoms with Crippen LogP contribution in [0, 0.1) is 0 Å². The van der Waals surface area contributed by atoms with E-state index in [0.717, 1.165) is 43.5 Å². The molecule has 13 rings (SSSR count). The molecule has 0 aromatic heterocycles. The van der Waals surface area contributed by atoms with E-state index in [1.54, 1.807) is 0 Å². The van der Waals surface area contributed by atoms with E-state index in [9.17, 15) is 0 Å². The van der Waals surface area contributed by atoms with Gasteiger partial charge in [0.05, 0.1) is 10.8 Å². The lowest BCUT2D eigenvalue weighted by Crippen LogP contribution is -2.32. The zero-order valence-electron chi connectivity index (χ0n) is 41.7. The smallest absolute Gasteiger partial charge is 0.0720 e. The van der Waals surface area contributed by atoms with Gasteiger partial charge < -0.3 is 0 Å². The van der Waals surface area contributed by atoms with E-state index in [0.29, 0.717) is 0 Å². The number of hydrogen-bond acceptors (Lipinski definition) is 2. The maximum Gasteiger partial charge on any atom is 0.0720 e. The van der Waals surface area contributed by atoms with Crippen LogP contribution in [0.15, 0.2) is 315 Å². The fourth-order valence-corrected chi connectivity index (χ4v) is 21.6. The lowest BCUT2D eigenvalue weighted by molar-refractivity contribution is 0.785. The molecule has 2 aliphatic carbocycles. The highest BCUT2D eigenvalue weighted by atomic mass is 32.4. The molecule has 0 saturated heterocycles. The number of allylic oxidation sites excluding steroid dienone is 2. The Labute approximate surface area is 457 Å². The van der Waals surface area contributed by atoms with E-state index in [4.69, 9.17) is 23.6 Å². The van der Waals surface area contributed by atoms with E-state index in [-0.39, 0.29) is 0 Å². The molecule has 362 valence electrons. The van der Waals surface area contributed by atoms with Gasteiger partial charge in [-0.1, -0.05) is 333 Å². The van der Waals surface area contributed by atoms with E-state index < -0.39 is 22.9 Å². The van der Waals surface area contributed by atoms with Crippen molar-refractivity contribution in [3.63, 3.8) is 0 Å². The van der Waals surface area contributed by atoms with Gasteiger partial charge >= 0.3 is 0 Å². The fourth-order valence-electron chi connectivity index (χ4n) is 12.7. The Morgan fingerprint density at radius 2 is 0.447 bits per heavy atom. The Hall–Kier alpha value is -7.80. The largest absolute Gasteiger partial charge is 0.0826 e. The summed E-state index contributed by atoms with van der Waals surface area (Å²) in [4.78, 5) is 0. The van der Waals surface area contributed by atoms with E-state index in [1.165, 1.54) is 55.2 Å². The van der Waals surface area contributed by atoms with Crippen LogP contribution in [0.2, 0.25) is 0 Å². The molecule has 0 unspecified atom stereocenters. The molecule has 11 aromatic carbocycles. The molecule has 4 heteroatoms. The zero-order valence-corrected chi connectivity index (χ0v) is 45.2. The molecule has 0 fully saturated rings. The predicted octanol–water partition coefficient (Wildman–Crippen LogP) is 16.4. The Kier molecular flexibility index (Phi) is 12.4. The molecule has 76 heavy (non-hydrogen) atoms. The van der Waals surface area contributed by atoms with Crippen molar-refractivity contribution >= 4 is 78.7 Å². The van der Waals surface area contributed by atoms with E-state index in [2.05, 4.69) is 315 Å². The minimum atomic E-state index is -2.99. The van der Waals surface area contributed by atoms with Crippen molar-refractivity contribution < 1.29 is 0 Å². The quantitative estimate of drug-likeness (QED) is 0.112. The van der Waals surface area contributed by atoms with Crippen molar-refractivity contribution in [2.45, 2.75) is 10.8 Å². The van der Waals surface area contributed by atoms with Crippen molar-refractivity contribution in [1.82, 2.24) is 0 Å². The molecule has 0 spiro atoms. The predicted molar refractivity (Wildman–Crippen MR) is 331 cm³/mol. The molecule has 0 bridgehead atoms. The number of fused-ring (bicyclic) bond motifs is 2. The second kappa shape index (κ2) is 19.7. The monoisotopic (exact) mass is 1040 g/mol. The molecule has 0 saturated carbocycles. The topological polar surface area (TPSA) is 0 Å². The first-order valence-corrected chi connectivity index (χ1v) is 31.6. The van der Waals surface area contributed by atoms with Gasteiger partial charge in [-0.3, -0.25) is 0 Å². The summed E-state index contributed by atoms with van der Waals surface area (Å²) in [6.07, 6.45) is 0. The van der Waals surface area contributed by atoms with Gasteiger partial charge in [0.2, 0.25) is 0 Å². The number of benzene rings is 11. The summed E-state index contributed by atoms with van der Waals surface area (Å²) >= 11 is 15.5. The minimum absolute atomic E-state index is 0.856. The normalized spacial score (nSPS) is 14.5. The number of rotatable bonds is 12. The van der Waals surface area contributed by atoms with Gasteiger partial charge in [-0.15, -0.1) is 0 Å². The molecular formula is C72H52P2S2. The Balaban J connectivity index is 1.33. The van der Waals surface area contributed by atoms with E-state index >= 15 is 0 Å². The molecule has 11 aromatic rings. The third-order valence-electron chi connectivity index (χ3n) is 15.8. The van der Waals surface area contributed by atoms with Crippen LogP contribution in [0.4, 0.5) is 0 Å². The van der Waals surface area contributed by atoms with Crippen LogP contribution >= 0.6 is 12.1 Å². The Morgan fingerprint density at radius 3 is 0.684 bits per heavy atom. The first-order valence-electron chi connectivity index (χ1n) is 26.0. The van der Waals surface area contributed by atoms with E-state index in [1.807, 2.05) is 0 Å². The molecular weight excluding hydrogens is 991 g/mol. The van der Waals surface area contributed by atoms with Crippen molar-refractivity contribution in [3.05, 3.63) is 371 Å². The van der Waals surface area contributed by atoms with Gasteiger partial charge in [-0.2, -0.15) is 0 Å². The first kappa shape index (κ1) is 47.9. The van der Waals surface area contributed by atoms with Gasteiger partial charge in [-0.05, 0) is 94.1 Å². The maximum atomic E-state index is 7.76. The molecule has 0 radical (unpaired) electrons. The average Bonchev–Trinajstić information content (AvgIpc) is 4.04. The van der Waals surface area contributed by atoms with Crippen LogP contribution in [0.3, 0.4) is 0 Å². The summed E-state index contributed by atoms with van der Waals surface area (Å²) in [7, 11) is 0. The highest BCUT2D eigenvalue weighted by Gasteiger charge is 2.57. The summed E-state index contributed by atoms with van der Waals surface area (Å²) in [6, 6.07) is 111. The molecule has 0 aliphatic heterocycles. The van der Waals surface area contributed by atoms with Crippen LogP contribution in [-0.4, -0.2) is 0 Å². The van der Waals surface area contributed by atoms with Crippen LogP contribution in [0.25, 0.3) is 21.8 Å². The molecule has 0 heterocycles. The molecule has 0 amide bonds. The fraction of sp³-hybridized carbons (Fsp3) is 0.0278. The van der Waals surface area contributed by atoms with Gasteiger partial charge in [0, 0.05) is 22.7 Å². The van der Waals surface area contributed by atoms with Crippen molar-refractivity contribution in [1.29, 1.82) is 0 Å². The summed E-state index contributed by atoms with van der Waals surface area (Å²) < 4.78 is 0. The zero-order chi connectivity index (χ0) is 51.2. The standard InChI is InChI=1S/C72H52P2S2/c75-73(59-43-23-7-24-44-59,60-45-25-8-26-46-60)69-63-51-64-66(52-65(63)71(55-35-15-3-16-36-55,56-37-17-4-18-38-56)67(69)53-31-11-1-12-32-53)72(57-39-19-5-20-40-57,58-41-21-6-22-42-58)68(54-33-13-2-14-34-54)70(64)74(76,61-47-27-9-28-48-61)62-49-29-10-30-50-62/h1-52H. The number of hydrogen-bond donors (Lipinski definition) is 0. The lowest BCUT2D eigenvalue weighted by atomic mass is 9.62. The van der Waals surface area contributed by atoms with Crippen LogP contribution in [-0.2, 0) is 34.4 Å². The third-order valence-corrected chi connectivity index (χ3v) is 25.7. The Morgan fingerprint density at radius 1 is 0.237 bits per heavy atom. The van der Waals surface area contributed by atoms with Crippen LogP contribution in [0.1, 0.15) is 55.6 Å². The van der Waals surface area contributed by atoms with Crippen molar-refractivity contribution in [2.75, 3.05) is 0 Å². The second-order valence-electron chi connectivity index (χ2n) is 19.6. The van der Waals surface area contributed by atoms with Crippen molar-refractivity contribution in [3.8, 4) is 0 Å². The minimum Gasteiger partial charge on any atom is -0.0826 e. The van der Waals surface area contributed by atoms with Gasteiger partial charge in [0.1, 0.15) is 0 Å². The van der Waals surface area contributed by atoms with Crippen molar-refractivity contribution in [2.24, 2.45) is 0 Å². The second-order valence-corrected chi connectivity index (χ2v) is 28.3. The Bertz CT molecular complexity index is 3610. The van der Waals surface area contributed by atoms with Gasteiger partial charge in [-0.25, -0.2) is 0 Å². The van der Waals surface area contributed by atoms with Gasteiger partial charge in [0.25, 0.3) is 0 Å². The highest BCUT2D eigenvalue weighted by molar-refractivity contribution is 8.27. The first-order chi connectivity index (χ1) is 37.5.